The maximum Gasteiger partial charge on any atom is 0.0878 e. The molecule has 3 nitrogen and oxygen atoms in total. The summed E-state index contributed by atoms with van der Waals surface area (Å²) in [5.74, 6) is 0. The average Bonchev–Trinajstić information content (AvgIpc) is 2.18. The molecule has 0 aliphatic heterocycles. The Morgan fingerprint density at radius 1 is 1.15 bits per heavy atom. The molecular formula is C10H15NO2. The first-order chi connectivity index (χ1) is 6.12. The van der Waals surface area contributed by atoms with Crippen LogP contribution in [0, 0.1) is 6.92 Å². The van der Waals surface area contributed by atoms with Crippen molar-refractivity contribution in [2.45, 2.75) is 12.5 Å². The number of aliphatic hydroxyl groups excluding tert-OH is 2. The Balaban J connectivity index is 2.99. The van der Waals surface area contributed by atoms with Crippen LogP contribution in [0.4, 0.5) is 0 Å². The number of aliphatic hydroxyl groups is 2. The molecule has 72 valence electrons. The molecule has 13 heavy (non-hydrogen) atoms. The molecule has 0 unspecified atom stereocenters. The molecular weight excluding hydrogens is 166 g/mol. The van der Waals surface area contributed by atoms with Crippen LogP contribution < -0.4 is 5.73 Å². The monoisotopic (exact) mass is 181 g/mol. The van der Waals surface area contributed by atoms with Gasteiger partial charge in [-0.25, -0.2) is 0 Å². The number of aryl methyl sites for hydroxylation is 1. The lowest BCUT2D eigenvalue weighted by atomic mass is 9.92. The summed E-state index contributed by atoms with van der Waals surface area (Å²) in [6, 6.07) is 7.45. The lowest BCUT2D eigenvalue weighted by molar-refractivity contribution is 0.121. The van der Waals surface area contributed by atoms with Crippen LogP contribution in [0.3, 0.4) is 0 Å². The van der Waals surface area contributed by atoms with Crippen molar-refractivity contribution in [3.8, 4) is 0 Å². The van der Waals surface area contributed by atoms with Gasteiger partial charge in [-0.05, 0) is 12.5 Å². The molecule has 1 aromatic rings. The highest BCUT2D eigenvalue weighted by Crippen LogP contribution is 2.17. The van der Waals surface area contributed by atoms with Crippen LogP contribution in [-0.2, 0) is 5.54 Å². The van der Waals surface area contributed by atoms with Gasteiger partial charge in [-0.3, -0.25) is 0 Å². The minimum Gasteiger partial charge on any atom is -0.394 e. The minimum absolute atomic E-state index is 0.257. The molecule has 0 heterocycles. The molecule has 0 aliphatic carbocycles. The largest absolute Gasteiger partial charge is 0.394 e. The van der Waals surface area contributed by atoms with E-state index in [1.165, 1.54) is 0 Å². The van der Waals surface area contributed by atoms with E-state index < -0.39 is 5.54 Å². The average molecular weight is 181 g/mol. The van der Waals surface area contributed by atoms with Crippen molar-refractivity contribution in [1.29, 1.82) is 0 Å². The lowest BCUT2D eigenvalue weighted by Crippen LogP contribution is -2.44. The first-order valence-corrected chi connectivity index (χ1v) is 4.20. The van der Waals surface area contributed by atoms with Crippen LogP contribution >= 0.6 is 0 Å². The van der Waals surface area contributed by atoms with Gasteiger partial charge in [-0.15, -0.1) is 0 Å². The summed E-state index contributed by atoms with van der Waals surface area (Å²) in [5, 5.41) is 18.0. The molecule has 0 aromatic heterocycles. The number of hydrogen-bond donors (Lipinski definition) is 3. The summed E-state index contributed by atoms with van der Waals surface area (Å²) in [5.41, 5.74) is 6.63. The van der Waals surface area contributed by atoms with E-state index in [0.29, 0.717) is 0 Å². The highest BCUT2D eigenvalue weighted by atomic mass is 16.3. The zero-order chi connectivity index (χ0) is 9.90. The van der Waals surface area contributed by atoms with E-state index >= 15 is 0 Å². The van der Waals surface area contributed by atoms with Gasteiger partial charge in [0.1, 0.15) is 0 Å². The third-order valence-corrected chi connectivity index (χ3v) is 2.19. The van der Waals surface area contributed by atoms with Crippen LogP contribution in [0.1, 0.15) is 11.1 Å². The van der Waals surface area contributed by atoms with Gasteiger partial charge in [-0.1, -0.05) is 29.8 Å². The van der Waals surface area contributed by atoms with Gasteiger partial charge in [0.2, 0.25) is 0 Å². The highest BCUT2D eigenvalue weighted by molar-refractivity contribution is 5.27. The predicted molar refractivity (Wildman–Crippen MR) is 51.2 cm³/mol. The molecule has 3 heteroatoms. The standard InChI is InChI=1S/C10H15NO2/c1-8-2-4-9(5-3-8)10(11,6-12)7-13/h2-5,12-13H,6-7,11H2,1H3. The summed E-state index contributed by atoms with van der Waals surface area (Å²) in [6.45, 7) is 1.46. The minimum atomic E-state index is -1.02. The summed E-state index contributed by atoms with van der Waals surface area (Å²) < 4.78 is 0. The van der Waals surface area contributed by atoms with Gasteiger partial charge < -0.3 is 15.9 Å². The van der Waals surface area contributed by atoms with E-state index in [4.69, 9.17) is 15.9 Å². The molecule has 0 fully saturated rings. The Hall–Kier alpha value is -0.900. The smallest absolute Gasteiger partial charge is 0.0878 e. The molecule has 4 N–H and O–H groups in total. The molecule has 1 aromatic carbocycles. The highest BCUT2D eigenvalue weighted by Gasteiger charge is 2.24. The Labute approximate surface area is 77.8 Å². The van der Waals surface area contributed by atoms with Crippen LogP contribution in [0.5, 0.6) is 0 Å². The lowest BCUT2D eigenvalue weighted by Gasteiger charge is -2.25. The quantitative estimate of drug-likeness (QED) is 0.621. The van der Waals surface area contributed by atoms with Crippen molar-refractivity contribution < 1.29 is 10.2 Å². The first kappa shape index (κ1) is 10.2. The molecule has 1 rings (SSSR count). The van der Waals surface area contributed by atoms with E-state index in [9.17, 15) is 0 Å². The summed E-state index contributed by atoms with van der Waals surface area (Å²) in [4.78, 5) is 0. The van der Waals surface area contributed by atoms with Gasteiger partial charge in [0.25, 0.3) is 0 Å². The van der Waals surface area contributed by atoms with Crippen molar-refractivity contribution in [2.75, 3.05) is 13.2 Å². The second-order valence-electron chi connectivity index (χ2n) is 3.34. The molecule has 0 bridgehead atoms. The second kappa shape index (κ2) is 3.87. The fourth-order valence-electron chi connectivity index (χ4n) is 1.12. The first-order valence-electron chi connectivity index (χ1n) is 4.20. The molecule has 0 aliphatic rings. The third kappa shape index (κ3) is 2.06. The Morgan fingerprint density at radius 3 is 2.00 bits per heavy atom. The number of benzene rings is 1. The molecule has 0 saturated heterocycles. The van der Waals surface area contributed by atoms with Gasteiger partial charge in [0.05, 0.1) is 18.8 Å². The molecule has 0 radical (unpaired) electrons. The van der Waals surface area contributed by atoms with Crippen molar-refractivity contribution in [3.63, 3.8) is 0 Å². The number of nitrogens with two attached hydrogens (primary N) is 1. The second-order valence-corrected chi connectivity index (χ2v) is 3.34. The SMILES string of the molecule is Cc1ccc(C(N)(CO)CO)cc1. The summed E-state index contributed by atoms with van der Waals surface area (Å²) >= 11 is 0. The maximum absolute atomic E-state index is 9.02. The Kier molecular flexibility index (Phi) is 3.03. The molecule has 0 spiro atoms. The predicted octanol–water partition coefficient (Wildman–Crippen LogP) is 0.134. The Morgan fingerprint density at radius 2 is 1.62 bits per heavy atom. The van der Waals surface area contributed by atoms with E-state index in [1.807, 2.05) is 31.2 Å². The van der Waals surface area contributed by atoms with Crippen LogP contribution in [0.25, 0.3) is 0 Å². The van der Waals surface area contributed by atoms with E-state index in [1.54, 1.807) is 0 Å². The van der Waals surface area contributed by atoms with Gasteiger partial charge in [-0.2, -0.15) is 0 Å². The summed E-state index contributed by atoms with van der Waals surface area (Å²) in [7, 11) is 0. The zero-order valence-electron chi connectivity index (χ0n) is 7.70. The van der Waals surface area contributed by atoms with E-state index in [-0.39, 0.29) is 13.2 Å². The van der Waals surface area contributed by atoms with E-state index in [2.05, 4.69) is 0 Å². The Bertz CT molecular complexity index is 265. The van der Waals surface area contributed by atoms with Crippen molar-refractivity contribution in [3.05, 3.63) is 35.4 Å². The number of rotatable bonds is 3. The summed E-state index contributed by atoms with van der Waals surface area (Å²) in [6.07, 6.45) is 0. The topological polar surface area (TPSA) is 66.5 Å². The van der Waals surface area contributed by atoms with Crippen LogP contribution in [0.2, 0.25) is 0 Å². The molecule has 0 saturated carbocycles. The fourth-order valence-corrected chi connectivity index (χ4v) is 1.12. The van der Waals surface area contributed by atoms with Gasteiger partial charge in [0, 0.05) is 0 Å². The molecule has 0 amide bonds. The van der Waals surface area contributed by atoms with Crippen molar-refractivity contribution >= 4 is 0 Å². The van der Waals surface area contributed by atoms with Crippen molar-refractivity contribution in [1.82, 2.24) is 0 Å². The van der Waals surface area contributed by atoms with Crippen LogP contribution in [0.15, 0.2) is 24.3 Å². The van der Waals surface area contributed by atoms with E-state index in [0.717, 1.165) is 11.1 Å². The zero-order valence-corrected chi connectivity index (χ0v) is 7.70. The van der Waals surface area contributed by atoms with Gasteiger partial charge >= 0.3 is 0 Å². The third-order valence-electron chi connectivity index (χ3n) is 2.19. The number of hydrogen-bond acceptors (Lipinski definition) is 3. The van der Waals surface area contributed by atoms with Crippen molar-refractivity contribution in [2.24, 2.45) is 5.73 Å². The normalized spacial score (nSPS) is 11.7. The molecule has 0 atom stereocenters. The fraction of sp³-hybridized carbons (Fsp3) is 0.400. The maximum atomic E-state index is 9.02. The van der Waals surface area contributed by atoms with Gasteiger partial charge in [0.15, 0.2) is 0 Å². The van der Waals surface area contributed by atoms with Crippen LogP contribution in [-0.4, -0.2) is 23.4 Å².